The quantitative estimate of drug-likeness (QED) is 0.882. The summed E-state index contributed by atoms with van der Waals surface area (Å²) in [5.74, 6) is -1.67. The Hall–Kier alpha value is -2.78. The molecule has 0 aliphatic rings. The van der Waals surface area contributed by atoms with Gasteiger partial charge in [0.2, 0.25) is 5.91 Å². The van der Waals surface area contributed by atoms with E-state index in [1.807, 2.05) is 6.07 Å². The molecule has 0 aliphatic heterocycles. The fourth-order valence-electron chi connectivity index (χ4n) is 2.32. The van der Waals surface area contributed by atoms with Crippen molar-refractivity contribution in [2.45, 2.75) is 25.9 Å². The number of nitrogens with one attached hydrogen (secondary N) is 2. The Morgan fingerprint density at radius 3 is 2.54 bits per heavy atom. The van der Waals surface area contributed by atoms with Crippen LogP contribution >= 0.6 is 0 Å². The van der Waals surface area contributed by atoms with Crippen LogP contribution in [0.1, 0.15) is 31.0 Å². The maximum atomic E-state index is 13.8. The van der Waals surface area contributed by atoms with Gasteiger partial charge in [0.05, 0.1) is 17.3 Å². The molecule has 0 heterocycles. The first-order valence-electron chi connectivity index (χ1n) is 7.43. The molecule has 0 bridgehead atoms. The second-order valence-corrected chi connectivity index (χ2v) is 5.42. The van der Waals surface area contributed by atoms with Gasteiger partial charge in [-0.05, 0) is 32.0 Å². The van der Waals surface area contributed by atoms with Gasteiger partial charge >= 0.3 is 0 Å². The van der Waals surface area contributed by atoms with Crippen LogP contribution in [-0.4, -0.2) is 11.9 Å². The molecule has 0 saturated carbocycles. The minimum Gasteiger partial charge on any atom is -0.324 e. The molecule has 6 heteroatoms. The fraction of sp³-hybridized carbons (Fsp3) is 0.222. The number of amides is 1. The van der Waals surface area contributed by atoms with Gasteiger partial charge in [-0.15, -0.1) is 0 Å². The lowest BCUT2D eigenvalue weighted by Gasteiger charge is -2.20. The van der Waals surface area contributed by atoms with Crippen molar-refractivity contribution in [2.75, 3.05) is 5.32 Å². The Morgan fingerprint density at radius 2 is 1.88 bits per heavy atom. The summed E-state index contributed by atoms with van der Waals surface area (Å²) in [6.07, 6.45) is 0. The minimum atomic E-state index is -0.669. The predicted molar refractivity (Wildman–Crippen MR) is 87.2 cm³/mol. The molecule has 0 fully saturated rings. The molecule has 24 heavy (non-hydrogen) atoms. The normalized spacial score (nSPS) is 13.0. The molecule has 2 aromatic rings. The third-order valence-electron chi connectivity index (χ3n) is 3.63. The molecule has 2 rings (SSSR count). The maximum absolute atomic E-state index is 13.8. The van der Waals surface area contributed by atoms with Gasteiger partial charge in [0.15, 0.2) is 0 Å². The number of rotatable bonds is 5. The van der Waals surface area contributed by atoms with Crippen molar-refractivity contribution in [1.82, 2.24) is 5.32 Å². The number of carbonyl (C=O) groups is 1. The van der Waals surface area contributed by atoms with Gasteiger partial charge in [0.25, 0.3) is 0 Å². The summed E-state index contributed by atoms with van der Waals surface area (Å²) in [4.78, 5) is 12.2. The summed E-state index contributed by atoms with van der Waals surface area (Å²) in [7, 11) is 0. The summed E-state index contributed by atoms with van der Waals surface area (Å²) in [5, 5.41) is 14.6. The predicted octanol–water partition coefficient (Wildman–Crippen LogP) is 3.51. The molecule has 2 atom stereocenters. The zero-order valence-corrected chi connectivity index (χ0v) is 13.3. The Labute approximate surface area is 139 Å². The fourth-order valence-corrected chi connectivity index (χ4v) is 2.32. The van der Waals surface area contributed by atoms with Crippen LogP contribution in [0.25, 0.3) is 0 Å². The van der Waals surface area contributed by atoms with E-state index >= 15 is 0 Å². The van der Waals surface area contributed by atoms with Crippen molar-refractivity contribution in [2.24, 2.45) is 0 Å². The number of anilines is 1. The third kappa shape index (κ3) is 4.15. The van der Waals surface area contributed by atoms with Crippen LogP contribution in [-0.2, 0) is 4.79 Å². The van der Waals surface area contributed by atoms with Gasteiger partial charge in [-0.3, -0.25) is 10.1 Å². The first kappa shape index (κ1) is 17.6. The monoisotopic (exact) mass is 329 g/mol. The highest BCUT2D eigenvalue weighted by Gasteiger charge is 2.19. The van der Waals surface area contributed by atoms with Crippen LogP contribution in [0, 0.1) is 23.0 Å². The van der Waals surface area contributed by atoms with E-state index < -0.39 is 23.7 Å². The number of hydrogen-bond donors (Lipinski definition) is 2. The smallest absolute Gasteiger partial charge is 0.241 e. The van der Waals surface area contributed by atoms with E-state index in [1.54, 1.807) is 38.1 Å². The largest absolute Gasteiger partial charge is 0.324 e. The van der Waals surface area contributed by atoms with E-state index in [0.29, 0.717) is 11.3 Å². The van der Waals surface area contributed by atoms with E-state index in [4.69, 9.17) is 5.26 Å². The van der Waals surface area contributed by atoms with Crippen LogP contribution in [0.5, 0.6) is 0 Å². The first-order chi connectivity index (χ1) is 11.4. The molecule has 4 nitrogen and oxygen atoms in total. The second kappa shape index (κ2) is 7.66. The molecule has 0 saturated heterocycles. The summed E-state index contributed by atoms with van der Waals surface area (Å²) >= 11 is 0. The molecular formula is C18H17F2N3O. The van der Waals surface area contributed by atoms with Crippen molar-refractivity contribution in [1.29, 1.82) is 5.26 Å². The average molecular weight is 329 g/mol. The molecule has 2 aromatic carbocycles. The molecule has 1 amide bonds. The Morgan fingerprint density at radius 1 is 1.17 bits per heavy atom. The number of benzene rings is 2. The van der Waals surface area contributed by atoms with Gasteiger partial charge in [0, 0.05) is 17.7 Å². The minimum absolute atomic E-state index is 0.272. The van der Waals surface area contributed by atoms with E-state index in [9.17, 15) is 13.6 Å². The topological polar surface area (TPSA) is 64.9 Å². The number of hydrogen-bond acceptors (Lipinski definition) is 3. The molecule has 0 aromatic heterocycles. The standard InChI is InChI=1S/C18H17F2N3O/c1-11(15-8-7-14(19)9-16(15)20)22-12(2)18(24)23-17-6-4-3-5-13(17)10-21/h3-9,11-12,22H,1-2H3,(H,23,24)/t11-,12+/m0/s1. The Balaban J connectivity index is 2.04. The number of para-hydroxylation sites is 1. The van der Waals surface area contributed by atoms with Crippen LogP contribution in [0.3, 0.4) is 0 Å². The second-order valence-electron chi connectivity index (χ2n) is 5.42. The van der Waals surface area contributed by atoms with Crippen molar-refractivity contribution < 1.29 is 13.6 Å². The molecule has 0 radical (unpaired) electrons. The lowest BCUT2D eigenvalue weighted by atomic mass is 10.1. The van der Waals surface area contributed by atoms with Crippen LogP contribution in [0.15, 0.2) is 42.5 Å². The zero-order valence-electron chi connectivity index (χ0n) is 13.3. The summed E-state index contributed by atoms with van der Waals surface area (Å²) in [6, 6.07) is 10.8. The van der Waals surface area contributed by atoms with Crippen molar-refractivity contribution >= 4 is 11.6 Å². The number of halogens is 2. The van der Waals surface area contributed by atoms with Crippen LogP contribution in [0.4, 0.5) is 14.5 Å². The highest BCUT2D eigenvalue weighted by Crippen LogP contribution is 2.19. The first-order valence-corrected chi connectivity index (χ1v) is 7.43. The SMILES string of the molecule is C[C@H](N[C@H](C)C(=O)Nc1ccccc1C#N)c1ccc(F)cc1F. The highest BCUT2D eigenvalue weighted by atomic mass is 19.1. The van der Waals surface area contributed by atoms with Crippen molar-refractivity contribution in [3.63, 3.8) is 0 Å². The summed E-state index contributed by atoms with van der Waals surface area (Å²) in [6.45, 7) is 3.31. The maximum Gasteiger partial charge on any atom is 0.241 e. The van der Waals surface area contributed by atoms with Crippen LogP contribution in [0.2, 0.25) is 0 Å². The number of nitrogens with zero attached hydrogens (tertiary/aromatic N) is 1. The van der Waals surface area contributed by atoms with Gasteiger partial charge in [-0.1, -0.05) is 18.2 Å². The van der Waals surface area contributed by atoms with E-state index in [0.717, 1.165) is 6.07 Å². The molecule has 0 aliphatic carbocycles. The number of nitriles is 1. The van der Waals surface area contributed by atoms with Crippen molar-refractivity contribution in [3.8, 4) is 6.07 Å². The molecule has 0 unspecified atom stereocenters. The summed E-state index contributed by atoms with van der Waals surface area (Å²) in [5.41, 5.74) is 1.04. The number of carbonyl (C=O) groups excluding carboxylic acids is 1. The van der Waals surface area contributed by atoms with Gasteiger partial charge in [0.1, 0.15) is 17.7 Å². The van der Waals surface area contributed by atoms with E-state index in [1.165, 1.54) is 12.1 Å². The molecular weight excluding hydrogens is 312 g/mol. The Bertz CT molecular complexity index is 786. The molecule has 124 valence electrons. The van der Waals surface area contributed by atoms with Gasteiger partial charge < -0.3 is 5.32 Å². The van der Waals surface area contributed by atoms with E-state index in [-0.39, 0.29) is 11.5 Å². The van der Waals surface area contributed by atoms with Gasteiger partial charge in [-0.2, -0.15) is 5.26 Å². The average Bonchev–Trinajstić information content (AvgIpc) is 2.55. The molecule has 0 spiro atoms. The van der Waals surface area contributed by atoms with Crippen LogP contribution < -0.4 is 10.6 Å². The van der Waals surface area contributed by atoms with Gasteiger partial charge in [-0.25, -0.2) is 8.78 Å². The van der Waals surface area contributed by atoms with Crippen molar-refractivity contribution in [3.05, 3.63) is 65.2 Å². The molecule has 2 N–H and O–H groups in total. The highest BCUT2D eigenvalue weighted by molar-refractivity contribution is 5.95. The lowest BCUT2D eigenvalue weighted by molar-refractivity contribution is -0.117. The third-order valence-corrected chi connectivity index (χ3v) is 3.63. The lowest BCUT2D eigenvalue weighted by Crippen LogP contribution is -2.39. The summed E-state index contributed by atoms with van der Waals surface area (Å²) < 4.78 is 26.7. The van der Waals surface area contributed by atoms with E-state index in [2.05, 4.69) is 10.6 Å². The zero-order chi connectivity index (χ0) is 17.7. The Kier molecular flexibility index (Phi) is 5.61.